The quantitative estimate of drug-likeness (QED) is 0.596. The van der Waals surface area contributed by atoms with E-state index in [1.165, 1.54) is 5.56 Å². The molecular weight excluding hydrogens is 310 g/mol. The maximum atomic E-state index is 5.96. The van der Waals surface area contributed by atoms with Crippen LogP contribution in [0, 0.1) is 11.8 Å². The largest absolute Gasteiger partial charge is 0.493 e. The standard InChI is InChI=1S/C22H31NO2/c1-17(2)12-13-24-22-11-6-5-8-19(22)15-23-20-9-7-10-21(14-20)25-16-18(3)4/h5-11,14,17-18,23H,12-13,15-16H2,1-4H3. The fourth-order valence-electron chi connectivity index (χ4n) is 2.35. The summed E-state index contributed by atoms with van der Waals surface area (Å²) in [7, 11) is 0. The first-order valence-corrected chi connectivity index (χ1v) is 9.22. The number of para-hydroxylation sites is 1. The SMILES string of the molecule is CC(C)CCOc1ccccc1CNc1cccc(OCC(C)C)c1. The number of benzene rings is 2. The van der Waals surface area contributed by atoms with Crippen molar-refractivity contribution < 1.29 is 9.47 Å². The van der Waals surface area contributed by atoms with Crippen molar-refractivity contribution in [1.82, 2.24) is 0 Å². The van der Waals surface area contributed by atoms with Crippen LogP contribution in [0.4, 0.5) is 5.69 Å². The normalized spacial score (nSPS) is 11.0. The molecule has 3 heteroatoms. The minimum Gasteiger partial charge on any atom is -0.493 e. The van der Waals surface area contributed by atoms with Crippen molar-refractivity contribution in [1.29, 1.82) is 0 Å². The van der Waals surface area contributed by atoms with Crippen LogP contribution in [0.1, 0.15) is 39.7 Å². The van der Waals surface area contributed by atoms with Crippen LogP contribution < -0.4 is 14.8 Å². The molecule has 0 bridgehead atoms. The fraction of sp³-hybridized carbons (Fsp3) is 0.455. The minimum atomic E-state index is 0.520. The van der Waals surface area contributed by atoms with Gasteiger partial charge in [-0.05, 0) is 36.5 Å². The van der Waals surface area contributed by atoms with Gasteiger partial charge in [-0.25, -0.2) is 0 Å². The van der Waals surface area contributed by atoms with Crippen molar-refractivity contribution in [3.8, 4) is 11.5 Å². The van der Waals surface area contributed by atoms with Crippen molar-refractivity contribution >= 4 is 5.69 Å². The van der Waals surface area contributed by atoms with E-state index in [1.54, 1.807) is 0 Å². The molecule has 0 aliphatic heterocycles. The van der Waals surface area contributed by atoms with Crippen LogP contribution in [-0.2, 0) is 6.54 Å². The first-order valence-electron chi connectivity index (χ1n) is 9.22. The number of ether oxygens (including phenoxy) is 2. The van der Waals surface area contributed by atoms with Crippen LogP contribution in [0.5, 0.6) is 11.5 Å². The molecule has 0 aliphatic rings. The van der Waals surface area contributed by atoms with Crippen molar-refractivity contribution in [2.24, 2.45) is 11.8 Å². The third-order valence-corrected chi connectivity index (χ3v) is 3.83. The van der Waals surface area contributed by atoms with Crippen molar-refractivity contribution in [3.05, 3.63) is 54.1 Å². The number of hydrogen-bond donors (Lipinski definition) is 1. The summed E-state index contributed by atoms with van der Waals surface area (Å²) in [6.07, 6.45) is 1.07. The maximum absolute atomic E-state index is 5.96. The van der Waals surface area contributed by atoms with Gasteiger partial charge in [-0.1, -0.05) is 52.0 Å². The van der Waals surface area contributed by atoms with Crippen molar-refractivity contribution in [3.63, 3.8) is 0 Å². The van der Waals surface area contributed by atoms with E-state index in [4.69, 9.17) is 9.47 Å². The molecule has 0 radical (unpaired) electrons. The van der Waals surface area contributed by atoms with Gasteiger partial charge < -0.3 is 14.8 Å². The molecule has 0 fully saturated rings. The molecule has 0 saturated carbocycles. The number of anilines is 1. The second kappa shape index (κ2) is 9.97. The molecule has 0 unspecified atom stereocenters. The maximum Gasteiger partial charge on any atom is 0.124 e. The topological polar surface area (TPSA) is 30.5 Å². The third-order valence-electron chi connectivity index (χ3n) is 3.83. The first kappa shape index (κ1) is 19.2. The molecule has 136 valence electrons. The summed E-state index contributed by atoms with van der Waals surface area (Å²) in [5.74, 6) is 3.04. The molecule has 1 N–H and O–H groups in total. The van der Waals surface area contributed by atoms with Gasteiger partial charge in [0, 0.05) is 23.9 Å². The molecule has 2 aromatic rings. The molecule has 25 heavy (non-hydrogen) atoms. The number of hydrogen-bond acceptors (Lipinski definition) is 3. The molecule has 0 heterocycles. The molecule has 0 atom stereocenters. The Morgan fingerprint density at radius 1 is 0.880 bits per heavy atom. The summed E-state index contributed by atoms with van der Waals surface area (Å²) in [4.78, 5) is 0. The van der Waals surface area contributed by atoms with Gasteiger partial charge in [-0.15, -0.1) is 0 Å². The van der Waals surface area contributed by atoms with E-state index in [2.05, 4.69) is 51.2 Å². The van der Waals surface area contributed by atoms with E-state index >= 15 is 0 Å². The van der Waals surface area contributed by atoms with Gasteiger partial charge in [-0.3, -0.25) is 0 Å². The Morgan fingerprint density at radius 2 is 1.68 bits per heavy atom. The lowest BCUT2D eigenvalue weighted by atomic mass is 10.1. The van der Waals surface area contributed by atoms with E-state index < -0.39 is 0 Å². The Hall–Kier alpha value is -2.16. The Balaban J connectivity index is 1.93. The molecule has 0 aliphatic carbocycles. The minimum absolute atomic E-state index is 0.520. The van der Waals surface area contributed by atoms with Gasteiger partial charge >= 0.3 is 0 Å². The lowest BCUT2D eigenvalue weighted by Gasteiger charge is -2.14. The van der Waals surface area contributed by atoms with Crippen molar-refractivity contribution in [2.75, 3.05) is 18.5 Å². The predicted octanol–water partition coefficient (Wildman–Crippen LogP) is 5.76. The van der Waals surface area contributed by atoms with Crippen LogP contribution in [0.25, 0.3) is 0 Å². The Bertz CT molecular complexity index is 637. The highest BCUT2D eigenvalue weighted by molar-refractivity contribution is 5.49. The van der Waals surface area contributed by atoms with E-state index in [1.807, 2.05) is 30.3 Å². The molecule has 3 nitrogen and oxygen atoms in total. The smallest absolute Gasteiger partial charge is 0.124 e. The molecule has 0 aromatic heterocycles. The van der Waals surface area contributed by atoms with Gasteiger partial charge in [0.2, 0.25) is 0 Å². The molecule has 0 saturated heterocycles. The lowest BCUT2D eigenvalue weighted by molar-refractivity contribution is 0.271. The van der Waals surface area contributed by atoms with Crippen LogP contribution >= 0.6 is 0 Å². The molecular formula is C22H31NO2. The van der Waals surface area contributed by atoms with E-state index in [9.17, 15) is 0 Å². The molecule has 0 spiro atoms. The third kappa shape index (κ3) is 7.08. The monoisotopic (exact) mass is 341 g/mol. The highest BCUT2D eigenvalue weighted by Crippen LogP contribution is 2.22. The van der Waals surface area contributed by atoms with Gasteiger partial charge in [0.05, 0.1) is 13.2 Å². The highest BCUT2D eigenvalue weighted by Gasteiger charge is 2.05. The number of rotatable bonds is 10. The number of nitrogens with one attached hydrogen (secondary N) is 1. The Morgan fingerprint density at radius 3 is 2.44 bits per heavy atom. The van der Waals surface area contributed by atoms with Gasteiger partial charge in [0.1, 0.15) is 11.5 Å². The van der Waals surface area contributed by atoms with E-state index in [-0.39, 0.29) is 0 Å². The zero-order valence-corrected chi connectivity index (χ0v) is 15.9. The van der Waals surface area contributed by atoms with Gasteiger partial charge in [-0.2, -0.15) is 0 Å². The summed E-state index contributed by atoms with van der Waals surface area (Å²) >= 11 is 0. The average molecular weight is 341 g/mol. The van der Waals surface area contributed by atoms with E-state index in [0.29, 0.717) is 11.8 Å². The van der Waals surface area contributed by atoms with Crippen LogP contribution in [-0.4, -0.2) is 13.2 Å². The highest BCUT2D eigenvalue weighted by atomic mass is 16.5. The Kier molecular flexibility index (Phi) is 7.65. The predicted molar refractivity (Wildman–Crippen MR) is 105 cm³/mol. The lowest BCUT2D eigenvalue weighted by Crippen LogP contribution is -2.07. The second-order valence-electron chi connectivity index (χ2n) is 7.22. The van der Waals surface area contributed by atoms with Crippen molar-refractivity contribution in [2.45, 2.75) is 40.7 Å². The summed E-state index contributed by atoms with van der Waals surface area (Å²) in [5.41, 5.74) is 2.22. The first-order chi connectivity index (χ1) is 12.0. The van der Waals surface area contributed by atoms with E-state index in [0.717, 1.165) is 43.4 Å². The zero-order chi connectivity index (χ0) is 18.1. The van der Waals surface area contributed by atoms with Crippen LogP contribution in [0.15, 0.2) is 48.5 Å². The summed E-state index contributed by atoms with van der Waals surface area (Å²) < 4.78 is 11.8. The van der Waals surface area contributed by atoms with Crippen LogP contribution in [0.2, 0.25) is 0 Å². The Labute approximate surface area is 152 Å². The van der Waals surface area contributed by atoms with Gasteiger partial charge in [0.25, 0.3) is 0 Å². The zero-order valence-electron chi connectivity index (χ0n) is 15.9. The van der Waals surface area contributed by atoms with Crippen LogP contribution in [0.3, 0.4) is 0 Å². The summed E-state index contributed by atoms with van der Waals surface area (Å²) in [6, 6.07) is 16.3. The molecule has 2 aromatic carbocycles. The summed E-state index contributed by atoms with van der Waals surface area (Å²) in [6.45, 7) is 10.9. The molecule has 0 amide bonds. The summed E-state index contributed by atoms with van der Waals surface area (Å²) in [5, 5.41) is 3.47. The van der Waals surface area contributed by atoms with Gasteiger partial charge in [0.15, 0.2) is 0 Å². The molecule has 2 rings (SSSR count). The average Bonchev–Trinajstić information content (AvgIpc) is 2.59. The second-order valence-corrected chi connectivity index (χ2v) is 7.22. The fourth-order valence-corrected chi connectivity index (χ4v) is 2.35.